The second-order valence-electron chi connectivity index (χ2n) is 5.59. The molecule has 1 amide bonds. The Hall–Kier alpha value is -4.07. The number of pyridine rings is 1. The Morgan fingerprint density at radius 3 is 2.48 bits per heavy atom. The van der Waals surface area contributed by atoms with Crippen LogP contribution < -0.4 is 16.5 Å². The highest BCUT2D eigenvalue weighted by atomic mass is 16.4. The van der Waals surface area contributed by atoms with Crippen LogP contribution in [-0.2, 0) is 0 Å². The van der Waals surface area contributed by atoms with Gasteiger partial charge in [-0.3, -0.25) is 14.2 Å². The van der Waals surface area contributed by atoms with Gasteiger partial charge in [-0.05, 0) is 30.3 Å². The van der Waals surface area contributed by atoms with Crippen LogP contribution in [0.25, 0.3) is 16.9 Å². The van der Waals surface area contributed by atoms with E-state index in [4.69, 9.17) is 4.42 Å². The summed E-state index contributed by atoms with van der Waals surface area (Å²) in [4.78, 5) is 45.3. The Bertz CT molecular complexity index is 1250. The summed E-state index contributed by atoms with van der Waals surface area (Å²) in [6.45, 7) is 0. The summed E-state index contributed by atoms with van der Waals surface area (Å²) < 4.78 is 6.40. The molecule has 4 aromatic rings. The lowest BCUT2D eigenvalue weighted by Crippen LogP contribution is -2.22. The Balaban J connectivity index is 1.80. The van der Waals surface area contributed by atoms with Gasteiger partial charge in [0, 0.05) is 24.2 Å². The van der Waals surface area contributed by atoms with Gasteiger partial charge in [0.2, 0.25) is 5.95 Å². The monoisotopic (exact) mass is 360 g/mol. The van der Waals surface area contributed by atoms with Crippen molar-refractivity contribution in [3.05, 3.63) is 93.5 Å². The van der Waals surface area contributed by atoms with Gasteiger partial charge in [0.1, 0.15) is 11.3 Å². The van der Waals surface area contributed by atoms with Crippen LogP contribution in [0.1, 0.15) is 10.4 Å². The number of carbonyl (C=O) groups excluding carboxylic acids is 1. The fourth-order valence-corrected chi connectivity index (χ4v) is 2.56. The van der Waals surface area contributed by atoms with E-state index in [-0.39, 0.29) is 22.6 Å². The average molecular weight is 360 g/mol. The normalized spacial score (nSPS) is 10.7. The van der Waals surface area contributed by atoms with E-state index in [2.05, 4.69) is 15.3 Å². The first-order valence-corrected chi connectivity index (χ1v) is 7.97. The number of amides is 1. The van der Waals surface area contributed by atoms with Crippen LogP contribution in [0.3, 0.4) is 0 Å². The molecule has 0 aliphatic heterocycles. The number of hydrogen-bond acceptors (Lipinski definition) is 6. The zero-order valence-corrected chi connectivity index (χ0v) is 13.8. The first-order chi connectivity index (χ1) is 13.1. The van der Waals surface area contributed by atoms with Crippen LogP contribution in [0.4, 0.5) is 5.69 Å². The predicted molar refractivity (Wildman–Crippen MR) is 98.1 cm³/mol. The summed E-state index contributed by atoms with van der Waals surface area (Å²) in [5.41, 5.74) is -0.868. The zero-order valence-electron chi connectivity index (χ0n) is 13.8. The van der Waals surface area contributed by atoms with Crippen LogP contribution in [0, 0.1) is 0 Å². The number of fused-ring (bicyclic) bond motifs is 1. The summed E-state index contributed by atoms with van der Waals surface area (Å²) in [7, 11) is 0. The molecule has 0 bridgehead atoms. The van der Waals surface area contributed by atoms with E-state index >= 15 is 0 Å². The number of anilines is 1. The molecule has 0 spiro atoms. The van der Waals surface area contributed by atoms with E-state index in [0.29, 0.717) is 5.56 Å². The molecule has 0 radical (unpaired) electrons. The SMILES string of the molecule is O=C(Nc1cc2c(=O)n(-c3ncccn3)ccc2oc1=O)c1ccccc1. The van der Waals surface area contributed by atoms with Gasteiger partial charge < -0.3 is 9.73 Å². The quantitative estimate of drug-likeness (QED) is 0.599. The molecule has 0 aliphatic carbocycles. The first-order valence-electron chi connectivity index (χ1n) is 7.97. The summed E-state index contributed by atoms with van der Waals surface area (Å²) in [6, 6.07) is 12.8. The molecule has 27 heavy (non-hydrogen) atoms. The van der Waals surface area contributed by atoms with E-state index in [1.54, 1.807) is 36.4 Å². The fourth-order valence-electron chi connectivity index (χ4n) is 2.56. The van der Waals surface area contributed by atoms with E-state index in [1.165, 1.54) is 35.3 Å². The lowest BCUT2D eigenvalue weighted by molar-refractivity contribution is 0.102. The fraction of sp³-hybridized carbons (Fsp3) is 0. The largest absolute Gasteiger partial charge is 0.421 e. The molecule has 132 valence electrons. The molecule has 8 heteroatoms. The minimum Gasteiger partial charge on any atom is -0.421 e. The standard InChI is InChI=1S/C19H12N4O4/c24-16(12-5-2-1-3-6-12)22-14-11-13-15(27-18(14)26)7-10-23(17(13)25)19-20-8-4-9-21-19/h1-11H,(H,22,24). The third-order valence-corrected chi connectivity index (χ3v) is 3.85. The van der Waals surface area contributed by atoms with Crippen molar-refractivity contribution in [3.8, 4) is 5.95 Å². The predicted octanol–water partition coefficient (Wildman–Crippen LogP) is 1.99. The molecule has 1 N–H and O–H groups in total. The van der Waals surface area contributed by atoms with E-state index in [1.807, 2.05) is 0 Å². The first kappa shape index (κ1) is 16.4. The van der Waals surface area contributed by atoms with Crippen molar-refractivity contribution >= 4 is 22.6 Å². The number of aromatic nitrogens is 3. The Morgan fingerprint density at radius 1 is 1.00 bits per heavy atom. The maximum Gasteiger partial charge on any atom is 0.360 e. The molecule has 0 atom stereocenters. The van der Waals surface area contributed by atoms with Crippen LogP contribution >= 0.6 is 0 Å². The maximum atomic E-state index is 12.8. The van der Waals surface area contributed by atoms with Gasteiger partial charge in [-0.1, -0.05) is 18.2 Å². The topological polar surface area (TPSA) is 107 Å². The third kappa shape index (κ3) is 3.11. The molecular weight excluding hydrogens is 348 g/mol. The molecule has 0 fully saturated rings. The molecule has 8 nitrogen and oxygen atoms in total. The number of nitrogens with zero attached hydrogens (tertiary/aromatic N) is 3. The summed E-state index contributed by atoms with van der Waals surface area (Å²) in [6.07, 6.45) is 4.44. The smallest absolute Gasteiger partial charge is 0.360 e. The second-order valence-corrected chi connectivity index (χ2v) is 5.59. The molecule has 0 unspecified atom stereocenters. The van der Waals surface area contributed by atoms with Gasteiger partial charge >= 0.3 is 5.63 Å². The third-order valence-electron chi connectivity index (χ3n) is 3.85. The van der Waals surface area contributed by atoms with E-state index in [0.717, 1.165) is 0 Å². The van der Waals surface area contributed by atoms with Crippen LogP contribution in [0.5, 0.6) is 0 Å². The lowest BCUT2D eigenvalue weighted by Gasteiger charge is -2.07. The van der Waals surface area contributed by atoms with Gasteiger partial charge in [-0.25, -0.2) is 14.8 Å². The van der Waals surface area contributed by atoms with Gasteiger partial charge in [0.05, 0.1) is 5.39 Å². The van der Waals surface area contributed by atoms with Crippen molar-refractivity contribution in [2.24, 2.45) is 0 Å². The number of hydrogen-bond donors (Lipinski definition) is 1. The minimum atomic E-state index is -0.750. The minimum absolute atomic E-state index is 0.106. The number of nitrogens with one attached hydrogen (secondary N) is 1. The van der Waals surface area contributed by atoms with E-state index in [9.17, 15) is 14.4 Å². The maximum absolute atomic E-state index is 12.8. The molecule has 0 saturated heterocycles. The molecular formula is C19H12N4O4. The Labute approximate surface area is 151 Å². The summed E-state index contributed by atoms with van der Waals surface area (Å²) >= 11 is 0. The Morgan fingerprint density at radius 2 is 1.74 bits per heavy atom. The average Bonchev–Trinajstić information content (AvgIpc) is 2.70. The second kappa shape index (κ2) is 6.68. The Kier molecular flexibility index (Phi) is 4.06. The highest BCUT2D eigenvalue weighted by Crippen LogP contribution is 2.14. The van der Waals surface area contributed by atoms with Crippen LogP contribution in [0.2, 0.25) is 0 Å². The molecule has 0 aliphatic rings. The van der Waals surface area contributed by atoms with Crippen molar-refractivity contribution in [3.63, 3.8) is 0 Å². The summed E-state index contributed by atoms with van der Waals surface area (Å²) in [5.74, 6) is -0.296. The van der Waals surface area contributed by atoms with Crippen molar-refractivity contribution in [1.29, 1.82) is 0 Å². The highest BCUT2D eigenvalue weighted by molar-refractivity contribution is 6.04. The molecule has 4 rings (SSSR count). The lowest BCUT2D eigenvalue weighted by atomic mass is 10.2. The summed E-state index contributed by atoms with van der Waals surface area (Å²) in [5, 5.41) is 2.60. The molecule has 3 heterocycles. The van der Waals surface area contributed by atoms with Gasteiger partial charge in [0.15, 0.2) is 0 Å². The van der Waals surface area contributed by atoms with Gasteiger partial charge in [-0.15, -0.1) is 0 Å². The molecule has 3 aromatic heterocycles. The highest BCUT2D eigenvalue weighted by Gasteiger charge is 2.14. The number of carbonyl (C=O) groups is 1. The van der Waals surface area contributed by atoms with Crippen LogP contribution in [0.15, 0.2) is 81.1 Å². The van der Waals surface area contributed by atoms with Crippen molar-refractivity contribution in [2.45, 2.75) is 0 Å². The van der Waals surface area contributed by atoms with Crippen LogP contribution in [-0.4, -0.2) is 20.4 Å². The van der Waals surface area contributed by atoms with Crippen molar-refractivity contribution in [1.82, 2.24) is 14.5 Å². The molecule has 0 saturated carbocycles. The molecule has 1 aromatic carbocycles. The zero-order chi connectivity index (χ0) is 18.8. The van der Waals surface area contributed by atoms with E-state index < -0.39 is 17.1 Å². The van der Waals surface area contributed by atoms with Crippen molar-refractivity contribution in [2.75, 3.05) is 5.32 Å². The number of rotatable bonds is 3. The van der Waals surface area contributed by atoms with Gasteiger partial charge in [-0.2, -0.15) is 0 Å². The van der Waals surface area contributed by atoms with Gasteiger partial charge in [0.25, 0.3) is 11.5 Å². The van der Waals surface area contributed by atoms with Crippen molar-refractivity contribution < 1.29 is 9.21 Å². The number of benzene rings is 1.